The summed E-state index contributed by atoms with van der Waals surface area (Å²) in [6.45, 7) is 1.45. The van der Waals surface area contributed by atoms with Crippen LogP contribution in [0.25, 0.3) is 0 Å². The van der Waals surface area contributed by atoms with Crippen LogP contribution in [-0.2, 0) is 11.3 Å². The molecule has 0 aliphatic carbocycles. The molecule has 2 N–H and O–H groups in total. The van der Waals surface area contributed by atoms with Gasteiger partial charge in [-0.25, -0.2) is 0 Å². The molecule has 0 bridgehead atoms. The molecule has 98 valence electrons. The van der Waals surface area contributed by atoms with Gasteiger partial charge in [0.05, 0.1) is 13.2 Å². The Morgan fingerprint density at radius 2 is 2.28 bits per heavy atom. The lowest BCUT2D eigenvalue weighted by Gasteiger charge is -2.22. The van der Waals surface area contributed by atoms with Crippen LogP contribution in [0.3, 0.4) is 0 Å². The number of amides is 1. The van der Waals surface area contributed by atoms with Crippen LogP contribution >= 0.6 is 0 Å². The number of ether oxygens (including phenoxy) is 1. The van der Waals surface area contributed by atoms with E-state index in [0.29, 0.717) is 6.54 Å². The minimum Gasteiger partial charge on any atom is -0.496 e. The number of para-hydroxylation sites is 1. The van der Waals surface area contributed by atoms with E-state index < -0.39 is 0 Å². The van der Waals surface area contributed by atoms with Crippen LogP contribution in [-0.4, -0.2) is 25.6 Å². The molecule has 2 rings (SSSR count). The predicted octanol–water partition coefficient (Wildman–Crippen LogP) is 1.45. The molecule has 0 aromatic heterocycles. The number of carbonyl (C=O) groups excluding carboxylic acids is 1. The van der Waals surface area contributed by atoms with E-state index in [1.165, 1.54) is 0 Å². The number of nitrogens with one attached hydrogen (secondary N) is 2. The van der Waals surface area contributed by atoms with E-state index in [4.69, 9.17) is 4.74 Å². The molecule has 4 heteroatoms. The molecule has 1 atom stereocenters. The van der Waals surface area contributed by atoms with E-state index in [0.717, 1.165) is 37.1 Å². The predicted molar refractivity (Wildman–Crippen MR) is 70.5 cm³/mol. The number of benzene rings is 1. The zero-order chi connectivity index (χ0) is 12.8. The third kappa shape index (κ3) is 3.23. The SMILES string of the molecule is COc1ccccc1CNC(=O)C1CCCCN1. The van der Waals surface area contributed by atoms with Crippen LogP contribution in [0.4, 0.5) is 0 Å². The first kappa shape index (κ1) is 12.9. The number of methoxy groups -OCH3 is 1. The van der Waals surface area contributed by atoms with Crippen LogP contribution in [0.2, 0.25) is 0 Å². The average molecular weight is 248 g/mol. The maximum atomic E-state index is 12.0. The topological polar surface area (TPSA) is 50.4 Å². The molecule has 1 aromatic carbocycles. The quantitative estimate of drug-likeness (QED) is 0.848. The van der Waals surface area contributed by atoms with Gasteiger partial charge in [-0.1, -0.05) is 24.6 Å². The van der Waals surface area contributed by atoms with Gasteiger partial charge in [-0.05, 0) is 25.5 Å². The summed E-state index contributed by atoms with van der Waals surface area (Å²) in [5, 5.41) is 6.20. The Morgan fingerprint density at radius 1 is 1.44 bits per heavy atom. The summed E-state index contributed by atoms with van der Waals surface area (Å²) in [6, 6.07) is 7.71. The summed E-state index contributed by atoms with van der Waals surface area (Å²) in [4.78, 5) is 12.0. The van der Waals surface area contributed by atoms with Crippen LogP contribution in [0, 0.1) is 0 Å². The lowest BCUT2D eigenvalue weighted by atomic mass is 10.0. The fraction of sp³-hybridized carbons (Fsp3) is 0.500. The van der Waals surface area contributed by atoms with Crippen molar-refractivity contribution in [3.8, 4) is 5.75 Å². The van der Waals surface area contributed by atoms with Gasteiger partial charge >= 0.3 is 0 Å². The molecule has 1 fully saturated rings. The second-order valence-electron chi connectivity index (χ2n) is 4.53. The molecule has 18 heavy (non-hydrogen) atoms. The summed E-state index contributed by atoms with van der Waals surface area (Å²) in [5.41, 5.74) is 1.00. The Morgan fingerprint density at radius 3 is 3.00 bits per heavy atom. The monoisotopic (exact) mass is 248 g/mol. The molecule has 1 amide bonds. The number of piperidine rings is 1. The Balaban J connectivity index is 1.88. The van der Waals surface area contributed by atoms with Gasteiger partial charge in [-0.3, -0.25) is 4.79 Å². The lowest BCUT2D eigenvalue weighted by Crippen LogP contribution is -2.46. The Kier molecular flexibility index (Phi) is 4.59. The van der Waals surface area contributed by atoms with E-state index in [2.05, 4.69) is 10.6 Å². The van der Waals surface area contributed by atoms with Gasteiger partial charge in [-0.15, -0.1) is 0 Å². The number of carbonyl (C=O) groups is 1. The van der Waals surface area contributed by atoms with Crippen molar-refractivity contribution in [2.24, 2.45) is 0 Å². The third-order valence-corrected chi connectivity index (χ3v) is 3.27. The smallest absolute Gasteiger partial charge is 0.237 e. The highest BCUT2D eigenvalue weighted by Gasteiger charge is 2.20. The molecule has 0 radical (unpaired) electrons. The van der Waals surface area contributed by atoms with Crippen molar-refractivity contribution in [3.63, 3.8) is 0 Å². The highest BCUT2D eigenvalue weighted by Crippen LogP contribution is 2.17. The zero-order valence-electron chi connectivity index (χ0n) is 10.7. The first-order valence-electron chi connectivity index (χ1n) is 6.44. The highest BCUT2D eigenvalue weighted by atomic mass is 16.5. The van der Waals surface area contributed by atoms with Crippen molar-refractivity contribution in [1.82, 2.24) is 10.6 Å². The molecule has 1 saturated heterocycles. The van der Waals surface area contributed by atoms with Crippen molar-refractivity contribution in [2.45, 2.75) is 31.8 Å². The Labute approximate surface area is 108 Å². The molecule has 1 heterocycles. The Bertz CT molecular complexity index is 401. The molecule has 0 spiro atoms. The summed E-state index contributed by atoms with van der Waals surface area (Å²) < 4.78 is 5.26. The fourth-order valence-corrected chi connectivity index (χ4v) is 2.23. The summed E-state index contributed by atoms with van der Waals surface area (Å²) in [5.74, 6) is 0.898. The van der Waals surface area contributed by atoms with Gasteiger partial charge in [0, 0.05) is 12.1 Å². The van der Waals surface area contributed by atoms with Crippen LogP contribution in [0.5, 0.6) is 5.75 Å². The maximum Gasteiger partial charge on any atom is 0.237 e. The average Bonchev–Trinajstić information content (AvgIpc) is 2.46. The van der Waals surface area contributed by atoms with Crippen molar-refractivity contribution in [3.05, 3.63) is 29.8 Å². The van der Waals surface area contributed by atoms with Gasteiger partial charge < -0.3 is 15.4 Å². The first-order valence-corrected chi connectivity index (χ1v) is 6.44. The minimum absolute atomic E-state index is 0.0338. The lowest BCUT2D eigenvalue weighted by molar-refractivity contribution is -0.123. The Hall–Kier alpha value is -1.55. The maximum absolute atomic E-state index is 12.0. The minimum atomic E-state index is -0.0338. The van der Waals surface area contributed by atoms with Crippen molar-refractivity contribution in [1.29, 1.82) is 0 Å². The van der Waals surface area contributed by atoms with E-state index in [-0.39, 0.29) is 11.9 Å². The zero-order valence-corrected chi connectivity index (χ0v) is 10.7. The van der Waals surface area contributed by atoms with E-state index >= 15 is 0 Å². The second-order valence-corrected chi connectivity index (χ2v) is 4.53. The van der Waals surface area contributed by atoms with Crippen molar-refractivity contribution >= 4 is 5.91 Å². The van der Waals surface area contributed by atoms with Gasteiger partial charge in [0.15, 0.2) is 0 Å². The van der Waals surface area contributed by atoms with Gasteiger partial charge in [0.2, 0.25) is 5.91 Å². The number of hydrogen-bond acceptors (Lipinski definition) is 3. The number of rotatable bonds is 4. The van der Waals surface area contributed by atoms with E-state index in [1.807, 2.05) is 24.3 Å². The third-order valence-electron chi connectivity index (χ3n) is 3.27. The summed E-state index contributed by atoms with van der Waals surface area (Å²) in [7, 11) is 1.64. The molecule has 1 aliphatic rings. The van der Waals surface area contributed by atoms with Crippen LogP contribution < -0.4 is 15.4 Å². The summed E-state index contributed by atoms with van der Waals surface area (Å²) >= 11 is 0. The molecule has 1 aliphatic heterocycles. The van der Waals surface area contributed by atoms with E-state index in [1.54, 1.807) is 7.11 Å². The summed E-state index contributed by atoms with van der Waals surface area (Å²) in [6.07, 6.45) is 3.22. The van der Waals surface area contributed by atoms with Crippen LogP contribution in [0.1, 0.15) is 24.8 Å². The molecule has 1 unspecified atom stereocenters. The number of hydrogen-bond donors (Lipinski definition) is 2. The molecular weight excluding hydrogens is 228 g/mol. The van der Waals surface area contributed by atoms with Crippen LogP contribution in [0.15, 0.2) is 24.3 Å². The first-order chi connectivity index (χ1) is 8.81. The van der Waals surface area contributed by atoms with Crippen molar-refractivity contribution in [2.75, 3.05) is 13.7 Å². The highest BCUT2D eigenvalue weighted by molar-refractivity contribution is 5.81. The van der Waals surface area contributed by atoms with Gasteiger partial charge in [0.1, 0.15) is 5.75 Å². The van der Waals surface area contributed by atoms with E-state index in [9.17, 15) is 4.79 Å². The standard InChI is InChI=1S/C14H20N2O2/c1-18-13-8-3-2-6-11(13)10-16-14(17)12-7-4-5-9-15-12/h2-3,6,8,12,15H,4-5,7,9-10H2,1H3,(H,16,17). The largest absolute Gasteiger partial charge is 0.496 e. The molecular formula is C14H20N2O2. The van der Waals surface area contributed by atoms with Crippen molar-refractivity contribution < 1.29 is 9.53 Å². The molecule has 1 aromatic rings. The second kappa shape index (κ2) is 6.40. The fourth-order valence-electron chi connectivity index (χ4n) is 2.23. The molecule has 4 nitrogen and oxygen atoms in total. The van der Waals surface area contributed by atoms with Gasteiger partial charge in [0.25, 0.3) is 0 Å². The van der Waals surface area contributed by atoms with Gasteiger partial charge in [-0.2, -0.15) is 0 Å². The molecule has 0 saturated carbocycles. The normalized spacial score (nSPS) is 19.3.